The molecule has 6 heterocycles. The molecule has 3 aliphatic carbocycles. The number of hydrogen-bond acceptors (Lipinski definition) is 13. The van der Waals surface area contributed by atoms with Crippen molar-refractivity contribution >= 4 is 8.07 Å². The van der Waals surface area contributed by atoms with Gasteiger partial charge in [-0.25, -0.2) is 33.9 Å². The molecule has 510 valence electrons. The van der Waals surface area contributed by atoms with Crippen LogP contribution in [0.2, 0.25) is 25.7 Å². The zero-order valence-electron chi connectivity index (χ0n) is 56.8. The normalized spacial score (nSPS) is 12.7. The predicted octanol–water partition coefficient (Wildman–Crippen LogP) is 14.0. The van der Waals surface area contributed by atoms with Gasteiger partial charge in [-0.05, 0) is 224 Å². The highest BCUT2D eigenvalue weighted by Gasteiger charge is 2.30. The van der Waals surface area contributed by atoms with Crippen LogP contribution in [-0.4, -0.2) is 57.9 Å². The molecule has 9 aromatic rings. The van der Waals surface area contributed by atoms with Crippen LogP contribution >= 0.6 is 0 Å². The summed E-state index contributed by atoms with van der Waals surface area (Å²) in [6, 6.07) is 30.0. The van der Waals surface area contributed by atoms with E-state index in [4.69, 9.17) is 25.4 Å². The van der Waals surface area contributed by atoms with Crippen molar-refractivity contribution in [1.29, 1.82) is 0 Å². The molecule has 0 saturated heterocycles. The van der Waals surface area contributed by atoms with E-state index in [9.17, 15) is 28.8 Å². The van der Waals surface area contributed by atoms with Gasteiger partial charge in [0.25, 0.3) is 16.7 Å². The largest absolute Gasteiger partial charge is 0.439 e. The molecule has 0 amide bonds. The molecule has 0 bridgehead atoms. The van der Waals surface area contributed by atoms with Crippen LogP contribution in [0, 0.1) is 77.6 Å². The molecule has 98 heavy (non-hydrogen) atoms. The average molecular weight is 1340 g/mol. The van der Waals surface area contributed by atoms with Crippen LogP contribution in [0.1, 0.15) is 128 Å². The number of H-pyrrole nitrogens is 2. The molecule has 0 atom stereocenters. The molecular weight excluding hydrogens is 1250 g/mol. The lowest BCUT2D eigenvalue weighted by atomic mass is 10.0. The van der Waals surface area contributed by atoms with E-state index in [0.29, 0.717) is 93.0 Å². The number of terminal acetylenes is 1. The van der Waals surface area contributed by atoms with E-state index in [1.807, 2.05) is 93.6 Å². The van der Waals surface area contributed by atoms with Gasteiger partial charge in [-0.1, -0.05) is 58.6 Å². The van der Waals surface area contributed by atoms with Crippen molar-refractivity contribution < 1.29 is 18.9 Å². The lowest BCUT2D eigenvalue weighted by Gasteiger charge is -2.18. The molecular formula is C78H89N9O10Si. The predicted molar refractivity (Wildman–Crippen MR) is 392 cm³/mol. The third kappa shape index (κ3) is 18.3. The molecule has 3 fully saturated rings. The lowest BCUT2D eigenvalue weighted by Crippen LogP contribution is -2.41. The number of aryl methyl sites for hydroxylation is 3. The summed E-state index contributed by atoms with van der Waals surface area (Å²) in [5.41, 5.74) is 9.73. The minimum Gasteiger partial charge on any atom is -0.439 e. The summed E-state index contributed by atoms with van der Waals surface area (Å²) in [6.07, 6.45) is 17.0. The molecule has 0 radical (unpaired) electrons. The number of aromatic nitrogens is 9. The number of pyridine rings is 3. The number of nitrogens with one attached hydrogen (secondary N) is 2. The zero-order chi connectivity index (χ0) is 69.1. The second kappa shape index (κ2) is 32.9. The molecule has 3 aromatic carbocycles. The number of hydrogen-bond donors (Lipinski definition) is 2. The molecule has 3 aliphatic rings. The van der Waals surface area contributed by atoms with Crippen molar-refractivity contribution in [3.63, 3.8) is 0 Å². The van der Waals surface area contributed by atoms with Crippen molar-refractivity contribution in [2.45, 2.75) is 152 Å². The Morgan fingerprint density at radius 3 is 1.21 bits per heavy atom. The summed E-state index contributed by atoms with van der Waals surface area (Å²) in [7, 11) is 3.75. The molecule has 0 aliphatic heterocycles. The van der Waals surface area contributed by atoms with Gasteiger partial charge in [-0.3, -0.25) is 38.1 Å². The summed E-state index contributed by atoms with van der Waals surface area (Å²) in [5.74, 6) is 17.6. The number of aromatic amines is 2. The first-order valence-corrected chi connectivity index (χ1v) is 35.7. The minimum absolute atomic E-state index is 0. The highest BCUT2D eigenvalue weighted by Crippen LogP contribution is 2.47. The maximum atomic E-state index is 13.1. The van der Waals surface area contributed by atoms with Gasteiger partial charge in [0.2, 0.25) is 17.6 Å². The van der Waals surface area contributed by atoms with Crippen molar-refractivity contribution in [1.82, 2.24) is 43.2 Å². The second-order valence-electron chi connectivity index (χ2n) is 25.5. The SMILES string of the molecule is C.C.C#CC#CC#CC.Cc1cc(Oc2ncccc2C2CC2)ccc1-c1c(C)c(=O)[nH]c(=O)n1C.Cc1cc(Oc2ncccc2C2CC2)ccc1-c1c(C)c(=O)[nH]c(=O)n1C.Cc1cc(Oc2ncccc2C2CC2)ccc1-c1c(C)c(=O)n(COCC[Si](C)(C)C)c(=O)n1C. The van der Waals surface area contributed by atoms with E-state index in [0.717, 1.165) is 56.1 Å². The molecule has 2 N–H and O–H groups in total. The van der Waals surface area contributed by atoms with Crippen molar-refractivity contribution in [2.24, 2.45) is 21.1 Å². The highest BCUT2D eigenvalue weighted by atomic mass is 28.3. The highest BCUT2D eigenvalue weighted by molar-refractivity contribution is 6.76. The van der Waals surface area contributed by atoms with Crippen molar-refractivity contribution in [3.8, 4) is 105 Å². The number of benzene rings is 3. The van der Waals surface area contributed by atoms with Gasteiger partial charge in [-0.2, -0.15) is 0 Å². The molecule has 19 nitrogen and oxygen atoms in total. The van der Waals surface area contributed by atoms with Gasteiger partial charge < -0.3 is 18.9 Å². The first-order valence-electron chi connectivity index (χ1n) is 32.0. The fourth-order valence-electron chi connectivity index (χ4n) is 11.1. The van der Waals surface area contributed by atoms with E-state index in [1.54, 1.807) is 67.4 Å². The van der Waals surface area contributed by atoms with E-state index in [2.05, 4.69) is 92.4 Å². The number of ether oxygens (including phenoxy) is 4. The van der Waals surface area contributed by atoms with E-state index in [1.165, 1.54) is 56.8 Å². The number of nitrogens with zero attached hydrogens (tertiary/aromatic N) is 7. The van der Waals surface area contributed by atoms with Gasteiger partial charge in [0, 0.05) is 104 Å². The Kier molecular flexibility index (Phi) is 25.1. The maximum absolute atomic E-state index is 13.1. The van der Waals surface area contributed by atoms with Crippen LogP contribution in [0.4, 0.5) is 0 Å². The maximum Gasteiger partial charge on any atom is 0.333 e. The molecule has 0 unspecified atom stereocenters. The molecule has 0 spiro atoms. The Hall–Kier alpha value is -10.6. The first kappa shape index (κ1) is 74.8. The van der Waals surface area contributed by atoms with Gasteiger partial charge in [0.1, 0.15) is 24.0 Å². The smallest absolute Gasteiger partial charge is 0.333 e. The van der Waals surface area contributed by atoms with E-state index < -0.39 is 19.5 Å². The summed E-state index contributed by atoms with van der Waals surface area (Å²) in [6.45, 7) is 20.0. The first-order chi connectivity index (χ1) is 45.9. The quantitative estimate of drug-likeness (QED) is 0.0491. The minimum atomic E-state index is -1.25. The van der Waals surface area contributed by atoms with Crippen molar-refractivity contribution in [3.05, 3.63) is 222 Å². The monoisotopic (exact) mass is 1340 g/mol. The van der Waals surface area contributed by atoms with Crippen LogP contribution in [0.5, 0.6) is 34.9 Å². The zero-order valence-corrected chi connectivity index (χ0v) is 57.8. The third-order valence-electron chi connectivity index (χ3n) is 16.9. The van der Waals surface area contributed by atoms with Gasteiger partial charge >= 0.3 is 17.1 Å². The Labute approximate surface area is 574 Å². The Morgan fingerprint density at radius 1 is 0.520 bits per heavy atom. The summed E-state index contributed by atoms with van der Waals surface area (Å²) in [4.78, 5) is 92.0. The van der Waals surface area contributed by atoms with Crippen molar-refractivity contribution in [2.75, 3.05) is 6.61 Å². The third-order valence-corrected chi connectivity index (χ3v) is 18.6. The standard InChI is InChI=1S/C27H35N3O4Si.2C21H21N3O3.C7H4.2CH4/c1-18-16-21(34-25-23(20-9-10-20)8-7-13-28-25)11-12-22(18)24-19(2)26(31)30(27(32)29(24)3)17-33-14-15-35(4,5)6;2*1-12-11-15(27-20-17(14-6-7-14)5-4-10-22-20)8-9-16(12)18-13(2)19(25)23-21(26)24(18)3;1-3-5-7-6-4-2;;/h7-8,11-13,16,20H,9-10,14-15,17H2,1-6H3;2*4-5,8-11,14H,6-7H2,1-3H3,(H,23,25,26);1H,2H3;2*1H4. The lowest BCUT2D eigenvalue weighted by molar-refractivity contribution is 0.0805. The molecule has 3 saturated carbocycles. The van der Waals surface area contributed by atoms with Crippen LogP contribution < -0.4 is 48.0 Å². The molecule has 12 rings (SSSR count). The molecule has 6 aromatic heterocycles. The van der Waals surface area contributed by atoms with Crippen LogP contribution in [0.3, 0.4) is 0 Å². The van der Waals surface area contributed by atoms with E-state index >= 15 is 0 Å². The average Bonchev–Trinajstić information content (AvgIpc) is 1.79. The fourth-order valence-corrected chi connectivity index (χ4v) is 11.9. The van der Waals surface area contributed by atoms with Crippen LogP contribution in [-0.2, 0) is 32.6 Å². The second-order valence-corrected chi connectivity index (χ2v) is 31.1. The van der Waals surface area contributed by atoms with Gasteiger partial charge in [-0.15, -0.1) is 6.42 Å². The van der Waals surface area contributed by atoms with Crippen LogP contribution in [0.15, 0.2) is 138 Å². The van der Waals surface area contributed by atoms with Gasteiger partial charge in [0.15, 0.2) is 0 Å². The summed E-state index contributed by atoms with van der Waals surface area (Å²) in [5, 5.41) is 0. The summed E-state index contributed by atoms with van der Waals surface area (Å²) >= 11 is 0. The van der Waals surface area contributed by atoms with Crippen LogP contribution in [0.25, 0.3) is 33.8 Å². The Balaban J connectivity index is 0.000000197. The fraction of sp³-hybridized carbons (Fsp3) is 0.346. The van der Waals surface area contributed by atoms with Gasteiger partial charge in [0.05, 0.1) is 17.1 Å². The topological polar surface area (TPSA) is 229 Å². The van der Waals surface area contributed by atoms with E-state index in [-0.39, 0.29) is 44.0 Å². The Morgan fingerprint density at radius 2 is 0.888 bits per heavy atom. The Bertz CT molecular complexity index is 4680. The summed E-state index contributed by atoms with van der Waals surface area (Å²) < 4.78 is 29.6. The molecule has 20 heteroatoms. The number of rotatable bonds is 17.